The molecule has 0 unspecified atom stereocenters. The minimum absolute atomic E-state index is 1.05. The minimum atomic E-state index is 1.05. The highest BCUT2D eigenvalue weighted by molar-refractivity contribution is 9.10. The van der Waals surface area contributed by atoms with E-state index in [-0.39, 0.29) is 0 Å². The molecule has 0 aliphatic carbocycles. The predicted octanol–water partition coefficient (Wildman–Crippen LogP) is 2.65. The van der Waals surface area contributed by atoms with Crippen LogP contribution in [0.4, 0.5) is 0 Å². The van der Waals surface area contributed by atoms with E-state index in [1.807, 2.05) is 0 Å². The maximum absolute atomic E-state index is 3.57. The molecule has 2 aromatic rings. The fourth-order valence-corrected chi connectivity index (χ4v) is 3.32. The van der Waals surface area contributed by atoms with Gasteiger partial charge >= 0.3 is 0 Å². The quantitative estimate of drug-likeness (QED) is 0.917. The molecule has 1 aliphatic rings. The highest BCUT2D eigenvalue weighted by Gasteiger charge is 2.16. The van der Waals surface area contributed by atoms with Gasteiger partial charge in [-0.3, -0.25) is 4.90 Å². The minimum Gasteiger partial charge on any atom is -0.346 e. The van der Waals surface area contributed by atoms with E-state index in [1.165, 1.54) is 22.2 Å². The lowest BCUT2D eigenvalue weighted by atomic mass is 10.1. The maximum atomic E-state index is 3.57. The van der Waals surface area contributed by atoms with Gasteiger partial charge in [-0.25, -0.2) is 0 Å². The Labute approximate surface area is 122 Å². The van der Waals surface area contributed by atoms with Crippen molar-refractivity contribution in [3.8, 4) is 0 Å². The Balaban J connectivity index is 1.98. The van der Waals surface area contributed by atoms with Crippen LogP contribution in [0, 0.1) is 6.92 Å². The van der Waals surface area contributed by atoms with Crippen LogP contribution in [0.2, 0.25) is 0 Å². The summed E-state index contributed by atoms with van der Waals surface area (Å²) < 4.78 is 3.50. The Bertz CT molecular complexity index is 597. The fourth-order valence-electron chi connectivity index (χ4n) is 2.96. The third-order valence-electron chi connectivity index (χ3n) is 4.14. The molecule has 0 spiro atoms. The molecule has 1 fully saturated rings. The molecule has 1 aliphatic heterocycles. The summed E-state index contributed by atoms with van der Waals surface area (Å²) in [5, 5.41) is 4.77. The second-order valence-corrected chi connectivity index (χ2v) is 6.23. The van der Waals surface area contributed by atoms with Crippen LogP contribution in [0.1, 0.15) is 11.3 Å². The van der Waals surface area contributed by atoms with Crippen LogP contribution in [0.25, 0.3) is 10.9 Å². The third-order valence-corrected chi connectivity index (χ3v) is 4.64. The van der Waals surface area contributed by atoms with Gasteiger partial charge in [-0.2, -0.15) is 0 Å². The topological polar surface area (TPSA) is 20.2 Å². The summed E-state index contributed by atoms with van der Waals surface area (Å²) in [5.74, 6) is 0. The first-order valence-electron chi connectivity index (χ1n) is 6.83. The van der Waals surface area contributed by atoms with E-state index in [9.17, 15) is 0 Å². The number of fused-ring (bicyclic) bond motifs is 1. The SMILES string of the molecule is Cc1c(CN2CCNCC2)n(C)c2ccc(Br)cc12. The van der Waals surface area contributed by atoms with Gasteiger partial charge in [0.2, 0.25) is 0 Å². The van der Waals surface area contributed by atoms with Gasteiger partial charge in [0.15, 0.2) is 0 Å². The summed E-state index contributed by atoms with van der Waals surface area (Å²) in [5.41, 5.74) is 4.18. The molecule has 102 valence electrons. The summed E-state index contributed by atoms with van der Waals surface area (Å²) in [6.45, 7) is 7.79. The predicted molar refractivity (Wildman–Crippen MR) is 83.5 cm³/mol. The second kappa shape index (κ2) is 5.27. The summed E-state index contributed by atoms with van der Waals surface area (Å²) in [6.07, 6.45) is 0. The molecule has 1 aromatic heterocycles. The second-order valence-electron chi connectivity index (χ2n) is 5.32. The molecule has 0 radical (unpaired) electrons. The van der Waals surface area contributed by atoms with Crippen molar-refractivity contribution in [2.75, 3.05) is 26.2 Å². The first kappa shape index (κ1) is 13.2. The van der Waals surface area contributed by atoms with Crippen LogP contribution in [0.15, 0.2) is 22.7 Å². The standard InChI is InChI=1S/C15H20BrN3/c1-11-13-9-12(16)3-4-14(13)18(2)15(11)10-19-7-5-17-6-8-19/h3-4,9,17H,5-8,10H2,1-2H3. The van der Waals surface area contributed by atoms with Crippen LogP contribution in [0.3, 0.4) is 0 Å². The Morgan fingerprint density at radius 1 is 1.26 bits per heavy atom. The molecule has 1 N–H and O–H groups in total. The number of hydrogen-bond acceptors (Lipinski definition) is 2. The molecule has 0 amide bonds. The van der Waals surface area contributed by atoms with E-state index in [2.05, 4.69) is 62.9 Å². The highest BCUT2D eigenvalue weighted by atomic mass is 79.9. The van der Waals surface area contributed by atoms with Gasteiger partial charge in [-0.15, -0.1) is 0 Å². The zero-order valence-corrected chi connectivity index (χ0v) is 13.1. The molecule has 2 heterocycles. The Hall–Kier alpha value is -0.840. The van der Waals surface area contributed by atoms with Gasteiger partial charge in [0, 0.05) is 60.8 Å². The van der Waals surface area contributed by atoms with E-state index in [4.69, 9.17) is 0 Å². The van der Waals surface area contributed by atoms with Gasteiger partial charge in [0.05, 0.1) is 0 Å². The van der Waals surface area contributed by atoms with E-state index in [0.29, 0.717) is 0 Å². The smallest absolute Gasteiger partial charge is 0.0483 e. The number of benzene rings is 1. The molecule has 0 bridgehead atoms. The lowest BCUT2D eigenvalue weighted by Crippen LogP contribution is -2.43. The number of piperazine rings is 1. The molecule has 0 saturated carbocycles. The fraction of sp³-hybridized carbons (Fsp3) is 0.467. The Morgan fingerprint density at radius 2 is 2.00 bits per heavy atom. The summed E-state index contributed by atoms with van der Waals surface area (Å²) in [7, 11) is 2.18. The molecule has 1 saturated heterocycles. The van der Waals surface area contributed by atoms with Crippen molar-refractivity contribution in [3.63, 3.8) is 0 Å². The number of nitrogens with one attached hydrogen (secondary N) is 1. The average molecular weight is 322 g/mol. The zero-order valence-electron chi connectivity index (χ0n) is 11.5. The molecular weight excluding hydrogens is 302 g/mol. The summed E-state index contributed by atoms with van der Waals surface area (Å²) in [6, 6.07) is 6.55. The van der Waals surface area contributed by atoms with Gasteiger partial charge in [-0.1, -0.05) is 15.9 Å². The summed E-state index contributed by atoms with van der Waals surface area (Å²) in [4.78, 5) is 2.53. The lowest BCUT2D eigenvalue weighted by molar-refractivity contribution is 0.228. The number of aryl methyl sites for hydroxylation is 2. The van der Waals surface area contributed by atoms with Gasteiger partial charge in [0.1, 0.15) is 0 Å². The van der Waals surface area contributed by atoms with Crippen molar-refractivity contribution in [2.24, 2.45) is 7.05 Å². The molecule has 19 heavy (non-hydrogen) atoms. The van der Waals surface area contributed by atoms with Gasteiger partial charge in [0.25, 0.3) is 0 Å². The van der Waals surface area contributed by atoms with E-state index >= 15 is 0 Å². The van der Waals surface area contributed by atoms with Gasteiger partial charge < -0.3 is 9.88 Å². The molecule has 3 nitrogen and oxygen atoms in total. The normalized spacial score (nSPS) is 17.2. The van der Waals surface area contributed by atoms with Crippen molar-refractivity contribution in [3.05, 3.63) is 33.9 Å². The number of rotatable bonds is 2. The third kappa shape index (κ3) is 2.45. The van der Waals surface area contributed by atoms with Crippen LogP contribution in [-0.2, 0) is 13.6 Å². The van der Waals surface area contributed by atoms with Crippen molar-refractivity contribution < 1.29 is 0 Å². The Morgan fingerprint density at radius 3 is 2.74 bits per heavy atom. The van der Waals surface area contributed by atoms with E-state index in [1.54, 1.807) is 0 Å². The first-order chi connectivity index (χ1) is 9.16. The molecule has 0 atom stereocenters. The van der Waals surface area contributed by atoms with Crippen molar-refractivity contribution in [2.45, 2.75) is 13.5 Å². The van der Waals surface area contributed by atoms with Crippen LogP contribution in [0.5, 0.6) is 0 Å². The van der Waals surface area contributed by atoms with E-state index < -0.39 is 0 Å². The summed E-state index contributed by atoms with van der Waals surface area (Å²) >= 11 is 3.57. The monoisotopic (exact) mass is 321 g/mol. The van der Waals surface area contributed by atoms with Crippen molar-refractivity contribution >= 4 is 26.8 Å². The number of halogens is 1. The van der Waals surface area contributed by atoms with Crippen LogP contribution < -0.4 is 5.32 Å². The zero-order chi connectivity index (χ0) is 13.4. The maximum Gasteiger partial charge on any atom is 0.0483 e. The van der Waals surface area contributed by atoms with Crippen molar-refractivity contribution in [1.29, 1.82) is 0 Å². The van der Waals surface area contributed by atoms with Gasteiger partial charge in [-0.05, 0) is 30.7 Å². The molecule has 1 aromatic carbocycles. The lowest BCUT2D eigenvalue weighted by Gasteiger charge is -2.27. The van der Waals surface area contributed by atoms with Crippen LogP contribution >= 0.6 is 15.9 Å². The molecule has 4 heteroatoms. The number of nitrogens with zero attached hydrogens (tertiary/aromatic N) is 2. The highest BCUT2D eigenvalue weighted by Crippen LogP contribution is 2.28. The largest absolute Gasteiger partial charge is 0.346 e. The average Bonchev–Trinajstić information content (AvgIpc) is 2.65. The number of hydrogen-bond donors (Lipinski definition) is 1. The Kier molecular flexibility index (Phi) is 3.65. The number of aromatic nitrogens is 1. The molecule has 3 rings (SSSR count). The van der Waals surface area contributed by atoms with Crippen LogP contribution in [-0.4, -0.2) is 35.6 Å². The van der Waals surface area contributed by atoms with Crippen molar-refractivity contribution in [1.82, 2.24) is 14.8 Å². The van der Waals surface area contributed by atoms with E-state index in [0.717, 1.165) is 37.2 Å². The molecular formula is C15H20BrN3. The first-order valence-corrected chi connectivity index (χ1v) is 7.62.